The molecule has 21 heavy (non-hydrogen) atoms. The third-order valence-electron chi connectivity index (χ3n) is 2.49. The van der Waals surface area contributed by atoms with Gasteiger partial charge in [-0.2, -0.15) is 0 Å². The van der Waals surface area contributed by atoms with Gasteiger partial charge in [0, 0.05) is 16.2 Å². The Hall–Kier alpha value is -2.00. The predicted octanol–water partition coefficient (Wildman–Crippen LogP) is 3.30. The first kappa shape index (κ1) is 15.4. The summed E-state index contributed by atoms with van der Waals surface area (Å²) in [5, 5.41) is 10.5. The van der Waals surface area contributed by atoms with Crippen molar-refractivity contribution in [1.82, 2.24) is 0 Å². The van der Waals surface area contributed by atoms with E-state index in [0.29, 0.717) is 10.5 Å². The second-order valence-electron chi connectivity index (χ2n) is 3.99. The molecule has 110 valence electrons. The molecular weight excluding hydrogens is 367 g/mol. The van der Waals surface area contributed by atoms with Gasteiger partial charge in [-0.05, 0) is 24.3 Å². The van der Waals surface area contributed by atoms with Crippen molar-refractivity contribution in [2.24, 2.45) is 0 Å². The number of benzene rings is 2. The highest BCUT2D eigenvalue weighted by atomic mass is 79.9. The molecule has 0 fully saturated rings. The van der Waals surface area contributed by atoms with E-state index in [-0.39, 0.29) is 5.69 Å². The van der Waals surface area contributed by atoms with Crippen molar-refractivity contribution in [2.45, 2.75) is 4.90 Å². The number of sulfonamides is 1. The van der Waals surface area contributed by atoms with Gasteiger partial charge in [-0.25, -0.2) is 12.8 Å². The number of nitrogens with one attached hydrogen (secondary N) is 1. The quantitative estimate of drug-likeness (QED) is 0.656. The van der Waals surface area contributed by atoms with Crippen molar-refractivity contribution in [2.75, 3.05) is 4.72 Å². The number of anilines is 1. The second-order valence-corrected chi connectivity index (χ2v) is 6.55. The molecule has 0 atom stereocenters. The normalized spacial score (nSPS) is 11.1. The zero-order valence-corrected chi connectivity index (χ0v) is 12.7. The van der Waals surface area contributed by atoms with Gasteiger partial charge < -0.3 is 0 Å². The van der Waals surface area contributed by atoms with E-state index in [1.807, 2.05) is 0 Å². The van der Waals surface area contributed by atoms with E-state index in [1.54, 1.807) is 12.1 Å². The molecule has 0 saturated carbocycles. The van der Waals surface area contributed by atoms with Crippen LogP contribution in [0.1, 0.15) is 0 Å². The lowest BCUT2D eigenvalue weighted by Gasteiger charge is -2.09. The number of rotatable bonds is 4. The molecular formula is C12H8BrFN2O4S. The fourth-order valence-electron chi connectivity index (χ4n) is 1.58. The standard InChI is InChI=1S/C12H8BrFN2O4S/c13-8-2-1-3-9(6-8)15-21(19,20)12-5-4-10(16(17)18)7-11(12)14/h1-7,15H. The van der Waals surface area contributed by atoms with Crippen LogP contribution in [0.3, 0.4) is 0 Å². The van der Waals surface area contributed by atoms with Crippen LogP contribution in [0.5, 0.6) is 0 Å². The van der Waals surface area contributed by atoms with Crippen LogP contribution in [-0.4, -0.2) is 13.3 Å². The molecule has 2 rings (SSSR count). The minimum atomic E-state index is -4.17. The Morgan fingerprint density at radius 2 is 1.90 bits per heavy atom. The Kier molecular flexibility index (Phi) is 4.24. The third-order valence-corrected chi connectivity index (χ3v) is 4.40. The summed E-state index contributed by atoms with van der Waals surface area (Å²) >= 11 is 3.18. The van der Waals surface area contributed by atoms with Gasteiger partial charge in [0.15, 0.2) is 5.82 Å². The molecule has 0 radical (unpaired) electrons. The molecule has 0 unspecified atom stereocenters. The highest BCUT2D eigenvalue weighted by Crippen LogP contribution is 2.24. The molecule has 0 aliphatic rings. The van der Waals surface area contributed by atoms with Gasteiger partial charge in [0.2, 0.25) is 0 Å². The van der Waals surface area contributed by atoms with Crippen LogP contribution in [-0.2, 0) is 10.0 Å². The van der Waals surface area contributed by atoms with Crippen LogP contribution < -0.4 is 4.72 Å². The Bertz CT molecular complexity index is 811. The Morgan fingerprint density at radius 1 is 1.19 bits per heavy atom. The van der Waals surface area contributed by atoms with E-state index < -0.39 is 31.3 Å². The molecule has 2 aromatic rings. The second kappa shape index (κ2) is 5.78. The molecule has 0 aliphatic carbocycles. The molecule has 2 aromatic carbocycles. The topological polar surface area (TPSA) is 89.3 Å². The van der Waals surface area contributed by atoms with Gasteiger partial charge in [0.25, 0.3) is 15.7 Å². The minimum absolute atomic E-state index is 0.238. The zero-order chi connectivity index (χ0) is 15.6. The maximum Gasteiger partial charge on any atom is 0.272 e. The van der Waals surface area contributed by atoms with Gasteiger partial charge in [-0.1, -0.05) is 22.0 Å². The largest absolute Gasteiger partial charge is 0.280 e. The van der Waals surface area contributed by atoms with Crippen LogP contribution >= 0.6 is 15.9 Å². The third kappa shape index (κ3) is 3.56. The highest BCUT2D eigenvalue weighted by Gasteiger charge is 2.21. The monoisotopic (exact) mass is 374 g/mol. The molecule has 0 spiro atoms. The smallest absolute Gasteiger partial charge is 0.272 e. The number of nitro groups is 1. The summed E-state index contributed by atoms with van der Waals surface area (Å²) < 4.78 is 40.8. The van der Waals surface area contributed by atoms with E-state index in [0.717, 1.165) is 12.1 Å². The molecule has 6 nitrogen and oxygen atoms in total. The number of non-ortho nitro benzene ring substituents is 1. The van der Waals surface area contributed by atoms with Gasteiger partial charge in [0.1, 0.15) is 4.90 Å². The molecule has 9 heteroatoms. The molecule has 0 aromatic heterocycles. The fourth-order valence-corrected chi connectivity index (χ4v) is 3.09. The first-order valence-electron chi connectivity index (χ1n) is 5.52. The van der Waals surface area contributed by atoms with Gasteiger partial charge >= 0.3 is 0 Å². The van der Waals surface area contributed by atoms with E-state index in [2.05, 4.69) is 20.7 Å². The van der Waals surface area contributed by atoms with E-state index in [4.69, 9.17) is 0 Å². The van der Waals surface area contributed by atoms with Crippen molar-refractivity contribution in [3.63, 3.8) is 0 Å². The number of nitro benzene ring substituents is 1. The number of hydrogen-bond donors (Lipinski definition) is 1. The van der Waals surface area contributed by atoms with Gasteiger partial charge in [-0.15, -0.1) is 0 Å². The van der Waals surface area contributed by atoms with Crippen LogP contribution in [0.4, 0.5) is 15.8 Å². The SMILES string of the molecule is O=[N+]([O-])c1ccc(S(=O)(=O)Nc2cccc(Br)c2)c(F)c1. The van der Waals surface area contributed by atoms with E-state index in [1.165, 1.54) is 12.1 Å². The molecule has 0 heterocycles. The van der Waals surface area contributed by atoms with Gasteiger partial charge in [-0.3, -0.25) is 14.8 Å². The lowest BCUT2D eigenvalue weighted by Crippen LogP contribution is -2.14. The van der Waals surface area contributed by atoms with Crippen LogP contribution in [0.15, 0.2) is 51.8 Å². The predicted molar refractivity (Wildman–Crippen MR) is 78.0 cm³/mol. The fraction of sp³-hybridized carbons (Fsp3) is 0. The molecule has 1 N–H and O–H groups in total. The van der Waals surface area contributed by atoms with Crippen molar-refractivity contribution < 1.29 is 17.7 Å². The van der Waals surface area contributed by atoms with Crippen LogP contribution in [0, 0.1) is 15.9 Å². The lowest BCUT2D eigenvalue weighted by molar-refractivity contribution is -0.385. The van der Waals surface area contributed by atoms with E-state index >= 15 is 0 Å². The lowest BCUT2D eigenvalue weighted by atomic mass is 10.3. The average molecular weight is 375 g/mol. The van der Waals surface area contributed by atoms with Crippen LogP contribution in [0.25, 0.3) is 0 Å². The summed E-state index contributed by atoms with van der Waals surface area (Å²) in [6, 6.07) is 8.65. The summed E-state index contributed by atoms with van der Waals surface area (Å²) in [7, 11) is -4.17. The number of hydrogen-bond acceptors (Lipinski definition) is 4. The van der Waals surface area contributed by atoms with Crippen molar-refractivity contribution >= 4 is 37.3 Å². The summed E-state index contributed by atoms with van der Waals surface area (Å²) in [6.07, 6.45) is 0. The Balaban J connectivity index is 2.38. The Morgan fingerprint density at radius 3 is 2.48 bits per heavy atom. The maximum atomic E-state index is 13.8. The van der Waals surface area contributed by atoms with Gasteiger partial charge in [0.05, 0.1) is 11.0 Å². The van der Waals surface area contributed by atoms with Crippen molar-refractivity contribution in [1.29, 1.82) is 0 Å². The minimum Gasteiger partial charge on any atom is -0.280 e. The first-order chi connectivity index (χ1) is 9.79. The molecule has 0 saturated heterocycles. The first-order valence-corrected chi connectivity index (χ1v) is 7.79. The Labute approximate surface area is 127 Å². The maximum absolute atomic E-state index is 13.8. The van der Waals surface area contributed by atoms with Crippen molar-refractivity contribution in [3.8, 4) is 0 Å². The average Bonchev–Trinajstić information content (AvgIpc) is 2.37. The summed E-state index contributed by atoms with van der Waals surface area (Å²) in [5.41, 5.74) is -0.281. The number of halogens is 2. The zero-order valence-electron chi connectivity index (χ0n) is 10.3. The summed E-state index contributed by atoms with van der Waals surface area (Å²) in [5.74, 6) is -1.19. The summed E-state index contributed by atoms with van der Waals surface area (Å²) in [6.45, 7) is 0. The summed E-state index contributed by atoms with van der Waals surface area (Å²) in [4.78, 5) is 9.05. The van der Waals surface area contributed by atoms with Crippen LogP contribution in [0.2, 0.25) is 0 Å². The molecule has 0 aliphatic heterocycles. The molecule has 0 amide bonds. The van der Waals surface area contributed by atoms with E-state index in [9.17, 15) is 22.9 Å². The van der Waals surface area contributed by atoms with Crippen molar-refractivity contribution in [3.05, 3.63) is 62.9 Å². The molecule has 0 bridgehead atoms. The number of nitrogens with zero attached hydrogens (tertiary/aromatic N) is 1. The highest BCUT2D eigenvalue weighted by molar-refractivity contribution is 9.10.